The van der Waals surface area contributed by atoms with Crippen LogP contribution in [0.4, 0.5) is 5.69 Å². The molecule has 2 heterocycles. The van der Waals surface area contributed by atoms with Gasteiger partial charge < -0.3 is 14.8 Å². The van der Waals surface area contributed by atoms with Crippen molar-refractivity contribution in [2.24, 2.45) is 0 Å². The summed E-state index contributed by atoms with van der Waals surface area (Å²) >= 11 is 7.69. The molecule has 4 rings (SSSR count). The number of hydrogen-bond acceptors (Lipinski definition) is 4. The van der Waals surface area contributed by atoms with Crippen LogP contribution in [0.3, 0.4) is 0 Å². The Hall–Kier alpha value is -2.50. The van der Waals surface area contributed by atoms with Crippen LogP contribution in [0.15, 0.2) is 47.8 Å². The molecule has 0 bridgehead atoms. The van der Waals surface area contributed by atoms with Gasteiger partial charge in [-0.15, -0.1) is 11.3 Å². The average Bonchev–Trinajstić information content (AvgIpc) is 3.13. The first-order valence-corrected chi connectivity index (χ1v) is 9.42. The first-order valence-electron chi connectivity index (χ1n) is 8.17. The predicted octanol–water partition coefficient (Wildman–Crippen LogP) is 5.40. The second-order valence-corrected chi connectivity index (χ2v) is 7.28. The minimum absolute atomic E-state index is 0.200. The van der Waals surface area contributed by atoms with E-state index in [9.17, 15) is 4.79 Å². The molecule has 4 nitrogen and oxygen atoms in total. The third-order valence-corrected chi connectivity index (χ3v) is 5.34. The lowest BCUT2D eigenvalue weighted by molar-refractivity contribution is 0.103. The number of hydrogen-bond donors (Lipinski definition) is 1. The van der Waals surface area contributed by atoms with Gasteiger partial charge in [-0.05, 0) is 23.9 Å². The average molecular weight is 386 g/mol. The molecule has 0 atom stereocenters. The van der Waals surface area contributed by atoms with Crippen LogP contribution < -0.4 is 14.8 Å². The van der Waals surface area contributed by atoms with Gasteiger partial charge in [-0.1, -0.05) is 41.4 Å². The van der Waals surface area contributed by atoms with Crippen molar-refractivity contribution in [1.82, 2.24) is 0 Å². The van der Waals surface area contributed by atoms with Crippen molar-refractivity contribution < 1.29 is 14.3 Å². The standard InChI is InChI=1S/C20H16ClNO3S/c1-12-2-4-13(5-3-12)14-6-9-26-19(14)20(23)22-16-11-18-17(10-15(16)21)24-7-8-25-18/h2-6,9-11H,7-8H2,1H3,(H,22,23). The largest absolute Gasteiger partial charge is 0.486 e. The summed E-state index contributed by atoms with van der Waals surface area (Å²) in [6.07, 6.45) is 0. The fourth-order valence-corrected chi connectivity index (χ4v) is 3.80. The zero-order chi connectivity index (χ0) is 18.1. The normalized spacial score (nSPS) is 12.7. The van der Waals surface area contributed by atoms with Gasteiger partial charge in [0, 0.05) is 17.7 Å². The van der Waals surface area contributed by atoms with E-state index in [1.165, 1.54) is 16.9 Å². The highest BCUT2D eigenvalue weighted by Gasteiger charge is 2.19. The Bertz CT molecular complexity index is 966. The zero-order valence-electron chi connectivity index (χ0n) is 14.0. The van der Waals surface area contributed by atoms with Gasteiger partial charge in [0.2, 0.25) is 0 Å². The predicted molar refractivity (Wildman–Crippen MR) is 105 cm³/mol. The van der Waals surface area contributed by atoms with Crippen molar-refractivity contribution in [2.75, 3.05) is 18.5 Å². The van der Waals surface area contributed by atoms with Gasteiger partial charge in [0.15, 0.2) is 11.5 Å². The first-order chi connectivity index (χ1) is 12.6. The van der Waals surface area contributed by atoms with E-state index >= 15 is 0 Å². The lowest BCUT2D eigenvalue weighted by atomic mass is 10.0. The molecule has 0 radical (unpaired) electrons. The third kappa shape index (κ3) is 3.28. The molecule has 1 N–H and O–H groups in total. The second-order valence-electron chi connectivity index (χ2n) is 5.96. The summed E-state index contributed by atoms with van der Waals surface area (Å²) in [5.41, 5.74) is 3.60. The molecule has 0 fully saturated rings. The van der Waals surface area contributed by atoms with Crippen molar-refractivity contribution >= 4 is 34.5 Å². The maximum absolute atomic E-state index is 12.8. The quantitative estimate of drug-likeness (QED) is 0.656. The monoisotopic (exact) mass is 385 g/mol. The van der Waals surface area contributed by atoms with Crippen LogP contribution in [0, 0.1) is 6.92 Å². The molecule has 0 aliphatic carbocycles. The van der Waals surface area contributed by atoms with Gasteiger partial charge in [0.25, 0.3) is 5.91 Å². The molecular weight excluding hydrogens is 370 g/mol. The number of amides is 1. The smallest absolute Gasteiger partial charge is 0.266 e. The van der Waals surface area contributed by atoms with E-state index < -0.39 is 0 Å². The Balaban J connectivity index is 1.62. The van der Waals surface area contributed by atoms with Crippen LogP contribution in [0.2, 0.25) is 5.02 Å². The van der Waals surface area contributed by atoms with Crippen molar-refractivity contribution in [3.63, 3.8) is 0 Å². The number of aryl methyl sites for hydroxylation is 1. The van der Waals surface area contributed by atoms with Crippen LogP contribution in [0.5, 0.6) is 11.5 Å². The summed E-state index contributed by atoms with van der Waals surface area (Å²) in [6, 6.07) is 13.4. The molecule has 132 valence electrons. The molecule has 1 aromatic heterocycles. The van der Waals surface area contributed by atoms with Crippen LogP contribution in [0.25, 0.3) is 11.1 Å². The first kappa shape index (κ1) is 16.9. The molecule has 26 heavy (non-hydrogen) atoms. The molecule has 0 unspecified atom stereocenters. The Labute approximate surface area is 160 Å². The van der Waals surface area contributed by atoms with E-state index in [4.69, 9.17) is 21.1 Å². The molecule has 1 aliphatic heterocycles. The van der Waals surface area contributed by atoms with Gasteiger partial charge in [0.05, 0.1) is 15.6 Å². The van der Waals surface area contributed by atoms with Crippen LogP contribution in [0.1, 0.15) is 15.2 Å². The molecule has 0 saturated carbocycles. The molecule has 1 aliphatic rings. The summed E-state index contributed by atoms with van der Waals surface area (Å²) in [7, 11) is 0. The van der Waals surface area contributed by atoms with Crippen LogP contribution in [-0.2, 0) is 0 Å². The third-order valence-electron chi connectivity index (χ3n) is 4.11. The summed E-state index contributed by atoms with van der Waals surface area (Å²) in [4.78, 5) is 13.5. The SMILES string of the molecule is Cc1ccc(-c2ccsc2C(=O)Nc2cc3c(cc2Cl)OCCO3)cc1. The topological polar surface area (TPSA) is 47.6 Å². The van der Waals surface area contributed by atoms with Crippen molar-refractivity contribution in [1.29, 1.82) is 0 Å². The number of rotatable bonds is 3. The summed E-state index contributed by atoms with van der Waals surface area (Å²) in [6.45, 7) is 3.00. The number of carbonyl (C=O) groups is 1. The molecule has 0 saturated heterocycles. The van der Waals surface area contributed by atoms with Crippen molar-refractivity contribution in [3.8, 4) is 22.6 Å². The minimum atomic E-state index is -0.200. The highest BCUT2D eigenvalue weighted by Crippen LogP contribution is 2.38. The lowest BCUT2D eigenvalue weighted by Gasteiger charge is -2.20. The summed E-state index contributed by atoms with van der Waals surface area (Å²) < 4.78 is 11.1. The Morgan fingerprint density at radius 2 is 1.77 bits per heavy atom. The van der Waals surface area contributed by atoms with Gasteiger partial charge >= 0.3 is 0 Å². The van der Waals surface area contributed by atoms with E-state index in [2.05, 4.69) is 5.32 Å². The molecule has 1 amide bonds. The molecular formula is C20H16ClNO3S. The Kier molecular flexibility index (Phi) is 4.57. The highest BCUT2D eigenvalue weighted by molar-refractivity contribution is 7.12. The molecule has 3 aromatic rings. The number of fused-ring (bicyclic) bond motifs is 1. The number of nitrogens with one attached hydrogen (secondary N) is 1. The van der Waals surface area contributed by atoms with Gasteiger partial charge in [-0.25, -0.2) is 0 Å². The van der Waals surface area contributed by atoms with E-state index in [1.807, 2.05) is 42.6 Å². The highest BCUT2D eigenvalue weighted by atomic mass is 35.5. The number of carbonyl (C=O) groups excluding carboxylic acids is 1. The summed E-state index contributed by atoms with van der Waals surface area (Å²) in [5.74, 6) is 0.978. The minimum Gasteiger partial charge on any atom is -0.486 e. The number of ether oxygens (including phenoxy) is 2. The van der Waals surface area contributed by atoms with E-state index in [-0.39, 0.29) is 5.91 Å². The molecule has 2 aromatic carbocycles. The van der Waals surface area contributed by atoms with E-state index in [0.717, 1.165) is 11.1 Å². The Morgan fingerprint density at radius 3 is 2.50 bits per heavy atom. The van der Waals surface area contributed by atoms with E-state index in [0.29, 0.717) is 40.3 Å². The van der Waals surface area contributed by atoms with Crippen LogP contribution >= 0.6 is 22.9 Å². The fraction of sp³-hybridized carbons (Fsp3) is 0.150. The Morgan fingerprint density at radius 1 is 1.08 bits per heavy atom. The maximum Gasteiger partial charge on any atom is 0.266 e. The number of thiophene rings is 1. The molecule has 0 spiro atoms. The van der Waals surface area contributed by atoms with Crippen LogP contribution in [-0.4, -0.2) is 19.1 Å². The number of benzene rings is 2. The van der Waals surface area contributed by atoms with E-state index in [1.54, 1.807) is 12.1 Å². The zero-order valence-corrected chi connectivity index (χ0v) is 15.6. The number of anilines is 1. The second kappa shape index (κ2) is 7.02. The fourth-order valence-electron chi connectivity index (χ4n) is 2.78. The maximum atomic E-state index is 12.8. The van der Waals surface area contributed by atoms with Gasteiger partial charge in [0.1, 0.15) is 13.2 Å². The summed E-state index contributed by atoms with van der Waals surface area (Å²) in [5, 5.41) is 5.21. The van der Waals surface area contributed by atoms with Crippen molar-refractivity contribution in [3.05, 3.63) is 63.3 Å². The lowest BCUT2D eigenvalue weighted by Crippen LogP contribution is -2.16. The van der Waals surface area contributed by atoms with Gasteiger partial charge in [-0.3, -0.25) is 4.79 Å². The molecule has 6 heteroatoms. The van der Waals surface area contributed by atoms with Gasteiger partial charge in [-0.2, -0.15) is 0 Å². The number of halogens is 1. The van der Waals surface area contributed by atoms with Crippen molar-refractivity contribution in [2.45, 2.75) is 6.92 Å².